The third-order valence-corrected chi connectivity index (χ3v) is 15.1. The summed E-state index contributed by atoms with van der Waals surface area (Å²) in [5, 5.41) is 12.6. The Morgan fingerprint density at radius 1 is 0.750 bits per heavy atom. The van der Waals surface area contributed by atoms with Gasteiger partial charge in [0.2, 0.25) is 11.8 Å². The summed E-state index contributed by atoms with van der Waals surface area (Å²) in [4.78, 5) is 72.5. The normalized spacial score (nSPS) is 19.2. The van der Waals surface area contributed by atoms with Crippen molar-refractivity contribution in [1.29, 1.82) is 0 Å². The number of amides is 4. The average Bonchev–Trinajstić information content (AvgIpc) is 4.02. The lowest BCUT2D eigenvalue weighted by Gasteiger charge is -2.44. The van der Waals surface area contributed by atoms with Gasteiger partial charge in [0, 0.05) is 101 Å². The lowest BCUT2D eigenvalue weighted by atomic mass is 9.90. The molecule has 370 valence electrons. The SMILES string of the molecule is CCc1c(-c2ccc(-n3c(OC)nn(C)c3=O)cc2-c2ccc(N3CCC(N4CCN(c5cccc6c(C7CCC(=O)NC7=O)nn(C)c56)CC4)CC3)cc2)ccnc1N1C[C@H](C)N(c2cccnc2)C1=O. The molecule has 4 fully saturated rings. The maximum absolute atomic E-state index is 14.1. The van der Waals surface area contributed by atoms with Crippen molar-refractivity contribution in [2.24, 2.45) is 14.1 Å². The van der Waals surface area contributed by atoms with E-state index in [9.17, 15) is 19.2 Å². The number of nitrogens with zero attached hydrogens (tertiary/aromatic N) is 12. The highest BCUT2D eigenvalue weighted by Gasteiger charge is 2.39. The number of urea groups is 1. The molecule has 3 aromatic carbocycles. The van der Waals surface area contributed by atoms with Gasteiger partial charge in [-0.1, -0.05) is 37.3 Å². The molecule has 4 aromatic heterocycles. The monoisotopic (exact) mass is 969 g/mol. The van der Waals surface area contributed by atoms with Crippen LogP contribution in [0.4, 0.5) is 27.7 Å². The topological polar surface area (TPSA) is 172 Å². The zero-order chi connectivity index (χ0) is 49.8. The number of methoxy groups -OCH3 is 1. The van der Waals surface area contributed by atoms with Gasteiger partial charge in [0.05, 0.1) is 53.5 Å². The Bertz CT molecular complexity index is 3260. The lowest BCUT2D eigenvalue weighted by Crippen LogP contribution is -2.53. The zero-order valence-electron chi connectivity index (χ0n) is 41.4. The van der Waals surface area contributed by atoms with Crippen LogP contribution in [-0.2, 0) is 30.1 Å². The van der Waals surface area contributed by atoms with E-state index in [1.165, 1.54) is 16.4 Å². The number of imide groups is 1. The Morgan fingerprint density at radius 3 is 2.25 bits per heavy atom. The summed E-state index contributed by atoms with van der Waals surface area (Å²) in [5.74, 6) is -0.297. The van der Waals surface area contributed by atoms with E-state index in [-0.39, 0.29) is 35.6 Å². The van der Waals surface area contributed by atoms with Gasteiger partial charge in [-0.3, -0.25) is 39.3 Å². The predicted octanol–water partition coefficient (Wildman–Crippen LogP) is 6.30. The maximum Gasteiger partial charge on any atom is 0.353 e. The molecule has 72 heavy (non-hydrogen) atoms. The summed E-state index contributed by atoms with van der Waals surface area (Å²) < 4.78 is 10.2. The largest absolute Gasteiger partial charge is 0.467 e. The third-order valence-electron chi connectivity index (χ3n) is 15.1. The summed E-state index contributed by atoms with van der Waals surface area (Å²) in [6, 6.07) is 27.1. The minimum Gasteiger partial charge on any atom is -0.467 e. The zero-order valence-corrected chi connectivity index (χ0v) is 41.4. The molecule has 4 aliphatic rings. The number of carbonyl (C=O) groups excluding carboxylic acids is 3. The Hall–Kier alpha value is -7.86. The predicted molar refractivity (Wildman–Crippen MR) is 277 cm³/mol. The van der Waals surface area contributed by atoms with Gasteiger partial charge < -0.3 is 14.5 Å². The molecule has 7 aromatic rings. The number of aryl methyl sites for hydroxylation is 2. The van der Waals surface area contributed by atoms with Crippen molar-refractivity contribution < 1.29 is 19.1 Å². The number of carbonyl (C=O) groups is 3. The van der Waals surface area contributed by atoms with Crippen LogP contribution in [0, 0.1) is 0 Å². The number of hydrogen-bond acceptors (Lipinski definition) is 12. The Labute approximate surface area is 417 Å². The summed E-state index contributed by atoms with van der Waals surface area (Å²) in [6.45, 7) is 10.2. The fourth-order valence-corrected chi connectivity index (χ4v) is 11.5. The fourth-order valence-electron chi connectivity index (χ4n) is 11.5. The molecule has 0 saturated carbocycles. The molecular formula is C54H59N13O5. The molecule has 8 heterocycles. The molecule has 1 N–H and O–H groups in total. The smallest absolute Gasteiger partial charge is 0.353 e. The minimum atomic E-state index is -0.435. The van der Waals surface area contributed by atoms with Gasteiger partial charge in [-0.05, 0) is 103 Å². The first kappa shape index (κ1) is 46.5. The first-order chi connectivity index (χ1) is 35.0. The molecule has 2 atom stereocenters. The van der Waals surface area contributed by atoms with Crippen LogP contribution in [0.2, 0.25) is 0 Å². The number of ether oxygens (including phenoxy) is 1. The van der Waals surface area contributed by atoms with E-state index in [2.05, 4.69) is 73.4 Å². The van der Waals surface area contributed by atoms with Crippen molar-refractivity contribution in [3.63, 3.8) is 0 Å². The van der Waals surface area contributed by atoms with Crippen molar-refractivity contribution in [1.82, 2.24) is 44.3 Å². The van der Waals surface area contributed by atoms with Crippen LogP contribution in [0.5, 0.6) is 6.01 Å². The molecular weight excluding hydrogens is 911 g/mol. The molecule has 0 bridgehead atoms. The number of benzene rings is 3. The number of para-hydroxylation sites is 1. The number of piperazine rings is 1. The number of hydrogen-bond donors (Lipinski definition) is 1. The van der Waals surface area contributed by atoms with Crippen LogP contribution in [0.25, 0.3) is 38.8 Å². The fraction of sp³-hybridized carbons (Fsp3) is 0.370. The molecule has 0 aliphatic carbocycles. The molecule has 1 unspecified atom stereocenters. The van der Waals surface area contributed by atoms with Gasteiger partial charge in [0.15, 0.2) is 0 Å². The molecule has 4 amide bonds. The van der Waals surface area contributed by atoms with Gasteiger partial charge in [-0.2, -0.15) is 5.10 Å². The van der Waals surface area contributed by atoms with Crippen molar-refractivity contribution >= 4 is 51.6 Å². The molecule has 0 radical (unpaired) electrons. The summed E-state index contributed by atoms with van der Waals surface area (Å²) >= 11 is 0. The minimum absolute atomic E-state index is 0.0920. The van der Waals surface area contributed by atoms with Crippen LogP contribution in [-0.4, -0.2) is 122 Å². The maximum atomic E-state index is 14.1. The van der Waals surface area contributed by atoms with Crippen molar-refractivity contribution in [3.05, 3.63) is 119 Å². The van der Waals surface area contributed by atoms with E-state index in [4.69, 9.17) is 14.8 Å². The standard InChI is InChI=1S/C54H59N13O5/c1-6-40-42(20-24-56-50(40)65-33-34(2)66(54(65)71)39-9-8-23-55-32-39)41-17-16-38(67-52(72-5)59-61(4)53(67)70)31-45(41)35-12-14-36(15-13-35)62-25-21-37(22-26-62)63-27-29-64(30-28-63)46-11-7-10-43-48(58-60(3)49(43)46)44-18-19-47(68)57-51(44)69/h7-17,20,23-24,31-32,34,37,44H,6,18-19,21-22,25-30,33H2,1-5H3,(H,57,68,69)/t34-,44?/m0/s1. The van der Waals surface area contributed by atoms with E-state index in [0.717, 1.165) is 114 Å². The number of rotatable bonds is 11. The molecule has 4 aliphatic heterocycles. The Balaban J connectivity index is 0.816. The number of aromatic nitrogens is 7. The second-order valence-corrected chi connectivity index (χ2v) is 19.3. The molecule has 0 spiro atoms. The highest BCUT2D eigenvalue weighted by Crippen LogP contribution is 2.41. The first-order valence-electron chi connectivity index (χ1n) is 25.0. The van der Waals surface area contributed by atoms with Gasteiger partial charge in [0.1, 0.15) is 5.82 Å². The second kappa shape index (κ2) is 19.0. The van der Waals surface area contributed by atoms with E-state index < -0.39 is 5.92 Å². The molecule has 18 heteroatoms. The van der Waals surface area contributed by atoms with E-state index in [1.54, 1.807) is 35.4 Å². The first-order valence-corrected chi connectivity index (χ1v) is 25.0. The van der Waals surface area contributed by atoms with Crippen molar-refractivity contribution in [2.45, 2.75) is 64.0 Å². The number of anilines is 4. The van der Waals surface area contributed by atoms with Crippen LogP contribution in [0.1, 0.15) is 56.7 Å². The van der Waals surface area contributed by atoms with Gasteiger partial charge >= 0.3 is 17.7 Å². The van der Waals surface area contributed by atoms with Crippen molar-refractivity contribution in [3.8, 4) is 34.0 Å². The Kier molecular flexibility index (Phi) is 12.3. The summed E-state index contributed by atoms with van der Waals surface area (Å²) in [5.41, 5.74) is 9.82. The number of pyridine rings is 2. The van der Waals surface area contributed by atoms with E-state index in [1.807, 2.05) is 61.1 Å². The average molecular weight is 970 g/mol. The number of nitrogens with one attached hydrogen (secondary N) is 1. The number of fused-ring (bicyclic) bond motifs is 1. The molecule has 4 saturated heterocycles. The highest BCUT2D eigenvalue weighted by atomic mass is 16.5. The number of piperidine rings is 2. The van der Waals surface area contributed by atoms with Crippen LogP contribution in [0.3, 0.4) is 0 Å². The van der Waals surface area contributed by atoms with Crippen LogP contribution >= 0.6 is 0 Å². The van der Waals surface area contributed by atoms with Gasteiger partial charge in [0.25, 0.3) is 0 Å². The molecule has 18 nitrogen and oxygen atoms in total. The lowest BCUT2D eigenvalue weighted by molar-refractivity contribution is -0.134. The van der Waals surface area contributed by atoms with E-state index in [0.29, 0.717) is 43.4 Å². The van der Waals surface area contributed by atoms with E-state index >= 15 is 0 Å². The Morgan fingerprint density at radius 2 is 1.53 bits per heavy atom. The third kappa shape index (κ3) is 8.22. The summed E-state index contributed by atoms with van der Waals surface area (Å²) in [6.07, 6.45) is 8.73. The van der Waals surface area contributed by atoms with Gasteiger partial charge in [-0.25, -0.2) is 23.8 Å². The quantitative estimate of drug-likeness (QED) is 0.144. The molecule has 11 rings (SSSR count). The highest BCUT2D eigenvalue weighted by molar-refractivity contribution is 6.07. The second-order valence-electron chi connectivity index (χ2n) is 19.3. The van der Waals surface area contributed by atoms with Crippen LogP contribution < -0.4 is 35.3 Å². The van der Waals surface area contributed by atoms with Crippen molar-refractivity contribution in [2.75, 3.05) is 72.5 Å². The van der Waals surface area contributed by atoms with Gasteiger partial charge in [-0.15, -0.1) is 5.10 Å². The van der Waals surface area contributed by atoms with Crippen LogP contribution in [0.15, 0.2) is 102 Å². The summed E-state index contributed by atoms with van der Waals surface area (Å²) in [7, 11) is 5.05.